The smallest absolute Gasteiger partial charge is 0.254 e. The van der Waals surface area contributed by atoms with Gasteiger partial charge in [0.2, 0.25) is 0 Å². The van der Waals surface area contributed by atoms with E-state index in [1.807, 2.05) is 71.6 Å². The Hall–Kier alpha value is -4.02. The molecule has 0 bridgehead atoms. The van der Waals surface area contributed by atoms with Crippen LogP contribution in [0.1, 0.15) is 45.2 Å². The second-order valence-electron chi connectivity index (χ2n) is 9.40. The molecule has 4 aromatic rings. The maximum absolute atomic E-state index is 14.0. The number of aromatic amines is 1. The SMILES string of the molecule is COc1ccc(C2c3[nH]c4ccc(Cl)cc4c3CCN2C(=O)c2ccc(C3=CC=CCC=C3)cc2)cc1. The topological polar surface area (TPSA) is 45.3 Å². The van der Waals surface area contributed by atoms with Crippen molar-refractivity contribution < 1.29 is 9.53 Å². The third-order valence-corrected chi connectivity index (χ3v) is 7.46. The largest absolute Gasteiger partial charge is 0.497 e. The molecule has 1 aromatic heterocycles. The molecule has 184 valence electrons. The lowest BCUT2D eigenvalue weighted by Gasteiger charge is -2.36. The number of halogens is 1. The number of rotatable bonds is 4. The van der Waals surface area contributed by atoms with Gasteiger partial charge >= 0.3 is 0 Å². The van der Waals surface area contributed by atoms with E-state index in [0.29, 0.717) is 17.1 Å². The Morgan fingerprint density at radius 1 is 1.03 bits per heavy atom. The van der Waals surface area contributed by atoms with Crippen LogP contribution in [-0.2, 0) is 6.42 Å². The van der Waals surface area contributed by atoms with Crippen LogP contribution in [0.25, 0.3) is 16.5 Å². The van der Waals surface area contributed by atoms with Crippen LogP contribution in [0.15, 0.2) is 97.1 Å². The van der Waals surface area contributed by atoms with Gasteiger partial charge in [0.25, 0.3) is 5.91 Å². The molecule has 1 atom stereocenters. The van der Waals surface area contributed by atoms with E-state index in [1.54, 1.807) is 7.11 Å². The Kier molecular flexibility index (Phi) is 6.19. The number of carbonyl (C=O) groups excluding carboxylic acids is 1. The molecule has 1 N–H and O–H groups in total. The zero-order valence-electron chi connectivity index (χ0n) is 20.6. The second kappa shape index (κ2) is 9.79. The fourth-order valence-electron chi connectivity index (χ4n) is 5.36. The quantitative estimate of drug-likeness (QED) is 0.311. The number of amides is 1. The monoisotopic (exact) mass is 506 g/mol. The van der Waals surface area contributed by atoms with Crippen LogP contribution in [0.4, 0.5) is 0 Å². The van der Waals surface area contributed by atoms with E-state index >= 15 is 0 Å². The Balaban J connectivity index is 1.39. The fraction of sp³-hybridized carbons (Fsp3) is 0.156. The second-order valence-corrected chi connectivity index (χ2v) is 9.83. The number of nitrogens with one attached hydrogen (secondary N) is 1. The van der Waals surface area contributed by atoms with Gasteiger partial charge in [0, 0.05) is 33.7 Å². The van der Waals surface area contributed by atoms with E-state index in [4.69, 9.17) is 16.3 Å². The summed E-state index contributed by atoms with van der Waals surface area (Å²) in [5.41, 5.74) is 7.24. The third kappa shape index (κ3) is 4.38. The van der Waals surface area contributed by atoms with Crippen LogP contribution in [0, 0.1) is 0 Å². The molecular weight excluding hydrogens is 480 g/mol. The van der Waals surface area contributed by atoms with Gasteiger partial charge in [-0.05, 0) is 77.6 Å². The highest BCUT2D eigenvalue weighted by Crippen LogP contribution is 2.40. The molecule has 0 saturated carbocycles. The Morgan fingerprint density at radius 2 is 1.84 bits per heavy atom. The number of hydrogen-bond acceptors (Lipinski definition) is 2. The number of nitrogens with zero attached hydrogens (tertiary/aromatic N) is 1. The maximum Gasteiger partial charge on any atom is 0.254 e. The minimum Gasteiger partial charge on any atom is -0.497 e. The first kappa shape index (κ1) is 23.4. The van der Waals surface area contributed by atoms with Crippen molar-refractivity contribution in [1.29, 1.82) is 0 Å². The number of methoxy groups -OCH3 is 1. The van der Waals surface area contributed by atoms with Crippen molar-refractivity contribution in [2.75, 3.05) is 13.7 Å². The third-order valence-electron chi connectivity index (χ3n) is 7.23. The van der Waals surface area contributed by atoms with E-state index in [9.17, 15) is 4.79 Å². The van der Waals surface area contributed by atoms with Gasteiger partial charge < -0.3 is 14.6 Å². The summed E-state index contributed by atoms with van der Waals surface area (Å²) >= 11 is 6.34. The van der Waals surface area contributed by atoms with Crippen LogP contribution < -0.4 is 4.74 Å². The molecule has 0 radical (unpaired) electrons. The Labute approximate surface area is 221 Å². The molecule has 2 heterocycles. The lowest BCUT2D eigenvalue weighted by molar-refractivity contribution is 0.0692. The molecule has 2 aliphatic rings. The van der Waals surface area contributed by atoms with Crippen molar-refractivity contribution in [2.24, 2.45) is 0 Å². The van der Waals surface area contributed by atoms with Crippen molar-refractivity contribution in [1.82, 2.24) is 9.88 Å². The summed E-state index contributed by atoms with van der Waals surface area (Å²) in [5, 5.41) is 1.83. The van der Waals surface area contributed by atoms with Crippen LogP contribution in [-0.4, -0.2) is 29.4 Å². The van der Waals surface area contributed by atoms with Crippen LogP contribution in [0.5, 0.6) is 5.75 Å². The van der Waals surface area contributed by atoms with Gasteiger partial charge in [0.1, 0.15) is 5.75 Å². The van der Waals surface area contributed by atoms with Gasteiger partial charge in [-0.25, -0.2) is 0 Å². The molecule has 5 heteroatoms. The van der Waals surface area contributed by atoms with Crippen molar-refractivity contribution >= 4 is 34.0 Å². The molecule has 1 aliphatic heterocycles. The first-order valence-corrected chi connectivity index (χ1v) is 12.9. The molecule has 37 heavy (non-hydrogen) atoms. The summed E-state index contributed by atoms with van der Waals surface area (Å²) < 4.78 is 5.38. The Bertz CT molecular complexity index is 1560. The van der Waals surface area contributed by atoms with E-state index in [0.717, 1.165) is 51.9 Å². The number of fused-ring (bicyclic) bond motifs is 3. The lowest BCUT2D eigenvalue weighted by Crippen LogP contribution is -2.40. The van der Waals surface area contributed by atoms with E-state index in [2.05, 4.69) is 35.4 Å². The zero-order valence-corrected chi connectivity index (χ0v) is 21.3. The first-order chi connectivity index (χ1) is 18.1. The summed E-state index contributed by atoms with van der Waals surface area (Å²) in [4.78, 5) is 19.5. The van der Waals surface area contributed by atoms with Crippen molar-refractivity contribution in [3.05, 3.63) is 130 Å². The minimum atomic E-state index is -0.245. The molecule has 1 unspecified atom stereocenters. The highest BCUT2D eigenvalue weighted by atomic mass is 35.5. The molecule has 0 spiro atoms. The fourth-order valence-corrected chi connectivity index (χ4v) is 5.53. The lowest BCUT2D eigenvalue weighted by atomic mass is 9.91. The summed E-state index contributed by atoms with van der Waals surface area (Å²) in [6.45, 7) is 0.614. The minimum absolute atomic E-state index is 0.0139. The van der Waals surface area contributed by atoms with Crippen LogP contribution >= 0.6 is 11.6 Å². The van der Waals surface area contributed by atoms with Gasteiger partial charge in [0.15, 0.2) is 0 Å². The summed E-state index contributed by atoms with van der Waals surface area (Å²) in [7, 11) is 1.66. The van der Waals surface area contributed by atoms with E-state index < -0.39 is 0 Å². The predicted octanol–water partition coefficient (Wildman–Crippen LogP) is 7.52. The number of allylic oxidation sites excluding steroid dienone is 6. The normalized spacial score (nSPS) is 16.9. The van der Waals surface area contributed by atoms with Crippen LogP contribution in [0.2, 0.25) is 5.02 Å². The maximum atomic E-state index is 14.0. The molecule has 0 fully saturated rings. The molecule has 6 rings (SSSR count). The van der Waals surface area contributed by atoms with E-state index in [-0.39, 0.29) is 11.9 Å². The standard InChI is InChI=1S/C32H27ClN2O2/c1-37-26-15-12-23(13-16-26)31-30-27(28-20-25(33)14-17-29(28)34-30)18-19-35(31)32(36)24-10-8-22(9-11-24)21-6-4-2-3-5-7-21/h2,4-17,20,31,34H,3,18-19H2,1H3. The number of aromatic nitrogens is 1. The highest BCUT2D eigenvalue weighted by Gasteiger charge is 2.35. The van der Waals surface area contributed by atoms with Gasteiger partial charge in [-0.15, -0.1) is 0 Å². The molecule has 1 amide bonds. The number of ether oxygens (including phenoxy) is 1. The average molecular weight is 507 g/mol. The Morgan fingerprint density at radius 3 is 2.62 bits per heavy atom. The van der Waals surface area contributed by atoms with Crippen molar-refractivity contribution in [3.63, 3.8) is 0 Å². The molecule has 0 saturated heterocycles. The van der Waals surface area contributed by atoms with Crippen molar-refractivity contribution in [3.8, 4) is 5.75 Å². The number of H-pyrrole nitrogens is 1. The number of benzene rings is 3. The summed E-state index contributed by atoms with van der Waals surface area (Å²) in [6.07, 6.45) is 12.3. The van der Waals surface area contributed by atoms with Crippen molar-refractivity contribution in [2.45, 2.75) is 18.9 Å². The number of carbonyl (C=O) groups is 1. The summed E-state index contributed by atoms with van der Waals surface area (Å²) in [5.74, 6) is 0.799. The van der Waals surface area contributed by atoms with Gasteiger partial charge in [-0.3, -0.25) is 4.79 Å². The predicted molar refractivity (Wildman–Crippen MR) is 150 cm³/mol. The first-order valence-electron chi connectivity index (χ1n) is 12.5. The van der Waals surface area contributed by atoms with E-state index in [1.165, 1.54) is 5.56 Å². The molecule has 1 aliphatic carbocycles. The highest BCUT2D eigenvalue weighted by molar-refractivity contribution is 6.31. The van der Waals surface area contributed by atoms with Crippen LogP contribution in [0.3, 0.4) is 0 Å². The summed E-state index contributed by atoms with van der Waals surface area (Å²) in [6, 6.07) is 21.6. The van der Waals surface area contributed by atoms with Gasteiger partial charge in [-0.1, -0.05) is 66.2 Å². The number of hydrogen-bond donors (Lipinski definition) is 1. The zero-order chi connectivity index (χ0) is 25.4. The van der Waals surface area contributed by atoms with Gasteiger partial charge in [-0.2, -0.15) is 0 Å². The van der Waals surface area contributed by atoms with Gasteiger partial charge in [0.05, 0.1) is 13.2 Å². The molecule has 3 aromatic carbocycles. The average Bonchev–Trinajstić information content (AvgIpc) is 3.10. The molecular formula is C32H27ClN2O2. The molecule has 4 nitrogen and oxygen atoms in total.